The molecule has 9 nitrogen and oxygen atoms in total. The third-order valence-electron chi connectivity index (χ3n) is 5.11. The number of benzene rings is 2. The number of rotatable bonds is 10. The standard InChI is InChI=1S/C15H23N3O3.C10H8N2O/c16-10-4-7-12(17)14(19)18-13(15(20)21)9-8-11-5-2-1-3-6-11;11-10(13)8-5-7-3-1-2-4-9(7)12-6-8/h1-3,5-6,12-13H,4,7-10,16-17H2,(H,18,19)(H,20,21);1-6H,(H2,11,13)/t12-,13-;/m1./s1. The number of aliphatic carboxylic acids is 1. The molecule has 8 N–H and O–H groups in total. The normalized spacial score (nSPS) is 12.2. The molecule has 2 atom stereocenters. The lowest BCUT2D eigenvalue weighted by atomic mass is 10.0. The summed E-state index contributed by atoms with van der Waals surface area (Å²) in [5, 5.41) is 12.6. The zero-order chi connectivity index (χ0) is 24.9. The van der Waals surface area contributed by atoms with Gasteiger partial charge in [0.25, 0.3) is 0 Å². The van der Waals surface area contributed by atoms with E-state index in [4.69, 9.17) is 17.2 Å². The highest BCUT2D eigenvalue weighted by atomic mass is 16.4. The molecule has 34 heavy (non-hydrogen) atoms. The van der Waals surface area contributed by atoms with Crippen LogP contribution in [0.2, 0.25) is 0 Å². The van der Waals surface area contributed by atoms with Crippen LogP contribution in [-0.4, -0.2) is 46.5 Å². The molecule has 180 valence electrons. The maximum atomic E-state index is 11.8. The topological polar surface area (TPSA) is 174 Å². The molecule has 0 aliphatic heterocycles. The lowest BCUT2D eigenvalue weighted by molar-refractivity contribution is -0.142. The zero-order valence-corrected chi connectivity index (χ0v) is 18.9. The number of hydrogen-bond acceptors (Lipinski definition) is 6. The molecule has 1 heterocycles. The summed E-state index contributed by atoms with van der Waals surface area (Å²) in [5.74, 6) is -1.94. The smallest absolute Gasteiger partial charge is 0.326 e. The van der Waals surface area contributed by atoms with Gasteiger partial charge in [-0.05, 0) is 49.9 Å². The Bertz CT molecular complexity index is 1090. The Morgan fingerprint density at radius 3 is 2.32 bits per heavy atom. The van der Waals surface area contributed by atoms with E-state index in [1.165, 1.54) is 6.20 Å². The third kappa shape index (κ3) is 8.61. The average Bonchev–Trinajstić information content (AvgIpc) is 2.85. The number of fused-ring (bicyclic) bond motifs is 1. The highest BCUT2D eigenvalue weighted by Crippen LogP contribution is 2.12. The lowest BCUT2D eigenvalue weighted by Gasteiger charge is -2.17. The summed E-state index contributed by atoms with van der Waals surface area (Å²) < 4.78 is 0. The molecule has 0 aliphatic carbocycles. The number of nitrogens with one attached hydrogen (secondary N) is 1. The number of amides is 2. The summed E-state index contributed by atoms with van der Waals surface area (Å²) in [6, 6.07) is 17.2. The first kappa shape index (κ1) is 26.4. The van der Waals surface area contributed by atoms with Crippen molar-refractivity contribution in [2.75, 3.05) is 6.54 Å². The van der Waals surface area contributed by atoms with Gasteiger partial charge in [0.05, 0.1) is 17.1 Å². The van der Waals surface area contributed by atoms with E-state index in [1.54, 1.807) is 6.07 Å². The van der Waals surface area contributed by atoms with Gasteiger partial charge in [-0.2, -0.15) is 0 Å². The molecule has 0 spiro atoms. The van der Waals surface area contributed by atoms with Crippen LogP contribution < -0.4 is 22.5 Å². The summed E-state index contributed by atoms with van der Waals surface area (Å²) in [4.78, 5) is 38.0. The van der Waals surface area contributed by atoms with Crippen molar-refractivity contribution in [2.24, 2.45) is 17.2 Å². The number of nitrogens with zero attached hydrogens (tertiary/aromatic N) is 1. The first-order valence-electron chi connectivity index (χ1n) is 11.0. The van der Waals surface area contributed by atoms with Crippen molar-refractivity contribution < 1.29 is 19.5 Å². The molecule has 0 saturated heterocycles. The number of aryl methyl sites for hydroxylation is 1. The van der Waals surface area contributed by atoms with Crippen molar-refractivity contribution in [3.63, 3.8) is 0 Å². The van der Waals surface area contributed by atoms with Crippen molar-refractivity contribution in [3.05, 3.63) is 78.0 Å². The van der Waals surface area contributed by atoms with E-state index in [0.717, 1.165) is 16.5 Å². The van der Waals surface area contributed by atoms with Crippen molar-refractivity contribution in [2.45, 2.75) is 37.8 Å². The SMILES string of the molecule is NC(=O)c1cnc2ccccc2c1.NCCC[C@@H](N)C(=O)N[C@H](CCc1ccccc1)C(=O)O. The minimum Gasteiger partial charge on any atom is -0.480 e. The number of nitrogens with two attached hydrogens (primary N) is 3. The fourth-order valence-electron chi connectivity index (χ4n) is 3.17. The molecule has 3 aromatic rings. The Morgan fingerprint density at radius 1 is 1.00 bits per heavy atom. The Kier molecular flexibility index (Phi) is 10.6. The molecular weight excluding hydrogens is 434 g/mol. The van der Waals surface area contributed by atoms with E-state index in [0.29, 0.717) is 37.8 Å². The molecule has 1 aromatic heterocycles. The predicted octanol–water partition coefficient (Wildman–Crippen LogP) is 1.59. The third-order valence-corrected chi connectivity index (χ3v) is 5.11. The molecule has 2 aromatic carbocycles. The van der Waals surface area contributed by atoms with Gasteiger partial charge >= 0.3 is 5.97 Å². The van der Waals surface area contributed by atoms with Crippen LogP contribution in [0.25, 0.3) is 10.9 Å². The van der Waals surface area contributed by atoms with Crippen LogP contribution in [-0.2, 0) is 16.0 Å². The summed E-state index contributed by atoms with van der Waals surface area (Å²) in [7, 11) is 0. The molecular formula is C25H31N5O4. The predicted molar refractivity (Wildman–Crippen MR) is 131 cm³/mol. The summed E-state index contributed by atoms with van der Waals surface area (Å²) in [5.41, 5.74) is 18.5. The fourth-order valence-corrected chi connectivity index (χ4v) is 3.17. The maximum Gasteiger partial charge on any atom is 0.326 e. The van der Waals surface area contributed by atoms with E-state index in [-0.39, 0.29) is 0 Å². The minimum atomic E-state index is -1.05. The van der Waals surface area contributed by atoms with Crippen LogP contribution in [0.1, 0.15) is 35.2 Å². The summed E-state index contributed by atoms with van der Waals surface area (Å²) in [6.07, 6.45) is 3.49. The Hall–Kier alpha value is -3.82. The van der Waals surface area contributed by atoms with Gasteiger partial charge in [0.2, 0.25) is 11.8 Å². The van der Waals surface area contributed by atoms with Crippen LogP contribution in [0.3, 0.4) is 0 Å². The second kappa shape index (κ2) is 13.7. The van der Waals surface area contributed by atoms with Crippen LogP contribution in [0, 0.1) is 0 Å². The van der Waals surface area contributed by atoms with E-state index in [9.17, 15) is 19.5 Å². The Balaban J connectivity index is 0.000000266. The minimum absolute atomic E-state index is 0.328. The Labute approximate surface area is 198 Å². The van der Waals surface area contributed by atoms with Crippen LogP contribution in [0.4, 0.5) is 0 Å². The van der Waals surface area contributed by atoms with Crippen molar-refractivity contribution in [1.82, 2.24) is 10.3 Å². The van der Waals surface area contributed by atoms with Crippen LogP contribution in [0.15, 0.2) is 66.9 Å². The van der Waals surface area contributed by atoms with Gasteiger partial charge in [0.1, 0.15) is 6.04 Å². The molecule has 0 fully saturated rings. The van der Waals surface area contributed by atoms with E-state index in [2.05, 4.69) is 10.3 Å². The molecule has 0 unspecified atom stereocenters. The summed E-state index contributed by atoms with van der Waals surface area (Å²) >= 11 is 0. The number of carboxylic acids is 1. The first-order chi connectivity index (χ1) is 16.3. The van der Waals surface area contributed by atoms with Gasteiger partial charge in [-0.1, -0.05) is 48.5 Å². The number of carbonyl (C=O) groups excluding carboxylic acids is 2. The first-order valence-corrected chi connectivity index (χ1v) is 11.0. The molecule has 2 amide bonds. The molecule has 0 saturated carbocycles. The van der Waals surface area contributed by atoms with Crippen LogP contribution >= 0.6 is 0 Å². The number of hydrogen-bond donors (Lipinski definition) is 5. The van der Waals surface area contributed by atoms with Crippen molar-refractivity contribution in [1.29, 1.82) is 0 Å². The number of carboxylic acid groups (broad SMARTS) is 1. The number of primary amides is 1. The monoisotopic (exact) mass is 465 g/mol. The maximum absolute atomic E-state index is 11.8. The summed E-state index contributed by atoms with van der Waals surface area (Å²) in [6.45, 7) is 0.456. The second-order valence-electron chi connectivity index (χ2n) is 7.74. The number of aromatic nitrogens is 1. The number of para-hydroxylation sites is 1. The molecule has 3 rings (SSSR count). The molecule has 0 aliphatic rings. The highest BCUT2D eigenvalue weighted by molar-refractivity contribution is 5.96. The quantitative estimate of drug-likeness (QED) is 0.302. The average molecular weight is 466 g/mol. The Morgan fingerprint density at radius 2 is 1.68 bits per heavy atom. The van der Waals surface area contributed by atoms with E-state index in [1.807, 2.05) is 54.6 Å². The lowest BCUT2D eigenvalue weighted by Crippen LogP contribution is -2.48. The van der Waals surface area contributed by atoms with Gasteiger partial charge in [-0.25, -0.2) is 4.79 Å². The van der Waals surface area contributed by atoms with Gasteiger partial charge < -0.3 is 27.6 Å². The molecule has 0 radical (unpaired) electrons. The largest absolute Gasteiger partial charge is 0.480 e. The second-order valence-corrected chi connectivity index (χ2v) is 7.74. The number of pyridine rings is 1. The van der Waals surface area contributed by atoms with Gasteiger partial charge in [0.15, 0.2) is 0 Å². The van der Waals surface area contributed by atoms with E-state index < -0.39 is 29.9 Å². The van der Waals surface area contributed by atoms with Gasteiger partial charge in [-0.3, -0.25) is 14.6 Å². The molecule has 0 bridgehead atoms. The molecule has 9 heteroatoms. The fraction of sp³-hybridized carbons (Fsp3) is 0.280. The highest BCUT2D eigenvalue weighted by Gasteiger charge is 2.22. The van der Waals surface area contributed by atoms with E-state index >= 15 is 0 Å². The number of carbonyl (C=O) groups is 3. The zero-order valence-electron chi connectivity index (χ0n) is 18.9. The van der Waals surface area contributed by atoms with Gasteiger partial charge in [-0.15, -0.1) is 0 Å². The van der Waals surface area contributed by atoms with Crippen molar-refractivity contribution >= 4 is 28.7 Å². The van der Waals surface area contributed by atoms with Crippen LogP contribution in [0.5, 0.6) is 0 Å². The van der Waals surface area contributed by atoms with Gasteiger partial charge in [0, 0.05) is 11.6 Å². The van der Waals surface area contributed by atoms with Crippen molar-refractivity contribution in [3.8, 4) is 0 Å².